The quantitative estimate of drug-likeness (QED) is 0.585. The lowest BCUT2D eigenvalue weighted by atomic mass is 9.66. The minimum atomic E-state index is -1.06. The molecule has 182 valence electrons. The van der Waals surface area contributed by atoms with Crippen LogP contribution in [0, 0.1) is 11.3 Å². The van der Waals surface area contributed by atoms with E-state index in [0.29, 0.717) is 35.1 Å². The predicted octanol–water partition coefficient (Wildman–Crippen LogP) is 5.43. The summed E-state index contributed by atoms with van der Waals surface area (Å²) in [6.45, 7) is 4.90. The molecule has 4 rings (SSSR count). The number of carbonyl (C=O) groups is 2. The Bertz CT molecular complexity index is 1060. The number of benzene rings is 2. The first-order chi connectivity index (χ1) is 16.1. The Morgan fingerprint density at radius 1 is 1.03 bits per heavy atom. The van der Waals surface area contributed by atoms with Crippen LogP contribution in [-0.4, -0.2) is 41.0 Å². The van der Waals surface area contributed by atoms with E-state index in [9.17, 15) is 14.7 Å². The Kier molecular flexibility index (Phi) is 7.28. The smallest absolute Gasteiger partial charge is 0.253 e. The third-order valence-corrected chi connectivity index (χ3v) is 8.18. The molecule has 1 saturated heterocycles. The third-order valence-electron chi connectivity index (χ3n) is 7.60. The van der Waals surface area contributed by atoms with Gasteiger partial charge in [0.2, 0.25) is 5.91 Å². The summed E-state index contributed by atoms with van der Waals surface area (Å²) in [6, 6.07) is 14.0. The molecule has 34 heavy (non-hydrogen) atoms. The Morgan fingerprint density at radius 3 is 2.38 bits per heavy atom. The minimum absolute atomic E-state index is 0.0513. The van der Waals surface area contributed by atoms with Crippen LogP contribution < -0.4 is 5.32 Å². The summed E-state index contributed by atoms with van der Waals surface area (Å²) in [6.07, 6.45) is 3.87. The van der Waals surface area contributed by atoms with Crippen molar-refractivity contribution in [3.05, 3.63) is 69.7 Å². The number of rotatable bonds is 4. The first kappa shape index (κ1) is 25.0. The number of halogens is 2. The van der Waals surface area contributed by atoms with Crippen LogP contribution in [0.5, 0.6) is 0 Å². The summed E-state index contributed by atoms with van der Waals surface area (Å²) in [5.41, 5.74) is -0.372. The van der Waals surface area contributed by atoms with E-state index in [1.54, 1.807) is 36.4 Å². The van der Waals surface area contributed by atoms with Gasteiger partial charge in [-0.1, -0.05) is 74.2 Å². The summed E-state index contributed by atoms with van der Waals surface area (Å²) in [4.78, 5) is 28.4. The highest BCUT2D eigenvalue weighted by Gasteiger charge is 2.50. The SMILES string of the molecule is CC1(C)CN(C(=O)[C@H]2CCCC[C@H]2NC(=O)c2ccccc2Cl)CC[C@]1(O)c1ccc(Cl)cc1. The summed E-state index contributed by atoms with van der Waals surface area (Å²) < 4.78 is 0. The van der Waals surface area contributed by atoms with Crippen molar-refractivity contribution in [2.75, 3.05) is 13.1 Å². The Balaban J connectivity index is 1.48. The van der Waals surface area contributed by atoms with E-state index in [4.69, 9.17) is 23.2 Å². The number of hydrogen-bond donors (Lipinski definition) is 2. The molecule has 1 aliphatic carbocycles. The average molecular weight is 503 g/mol. The first-order valence-corrected chi connectivity index (χ1v) is 12.7. The molecular formula is C27H32Cl2N2O3. The number of amides is 2. The van der Waals surface area contributed by atoms with Gasteiger partial charge >= 0.3 is 0 Å². The van der Waals surface area contributed by atoms with Crippen LogP contribution in [0.4, 0.5) is 0 Å². The molecule has 2 N–H and O–H groups in total. The summed E-state index contributed by atoms with van der Waals surface area (Å²) in [5, 5.41) is 15.8. The lowest BCUT2D eigenvalue weighted by Gasteiger charge is -2.51. The molecule has 0 aromatic heterocycles. The molecule has 0 bridgehead atoms. The van der Waals surface area contributed by atoms with Gasteiger partial charge in [-0.2, -0.15) is 0 Å². The van der Waals surface area contributed by atoms with Gasteiger partial charge in [-0.25, -0.2) is 0 Å². The van der Waals surface area contributed by atoms with Gasteiger partial charge in [0, 0.05) is 29.6 Å². The van der Waals surface area contributed by atoms with Gasteiger partial charge in [0.1, 0.15) is 0 Å². The zero-order valence-corrected chi connectivity index (χ0v) is 21.2. The van der Waals surface area contributed by atoms with Crippen molar-refractivity contribution in [2.45, 2.75) is 57.6 Å². The van der Waals surface area contributed by atoms with Gasteiger partial charge in [-0.15, -0.1) is 0 Å². The van der Waals surface area contributed by atoms with Crippen molar-refractivity contribution in [3.63, 3.8) is 0 Å². The number of nitrogens with zero attached hydrogens (tertiary/aromatic N) is 1. The molecule has 1 saturated carbocycles. The fraction of sp³-hybridized carbons (Fsp3) is 0.481. The van der Waals surface area contributed by atoms with E-state index >= 15 is 0 Å². The Labute approximate surface area is 211 Å². The fourth-order valence-electron chi connectivity index (χ4n) is 5.50. The van der Waals surface area contributed by atoms with Gasteiger partial charge in [0.05, 0.1) is 22.1 Å². The number of piperidine rings is 1. The number of carbonyl (C=O) groups excluding carboxylic acids is 2. The maximum absolute atomic E-state index is 13.7. The second-order valence-electron chi connectivity index (χ2n) is 10.2. The number of likely N-dealkylation sites (tertiary alicyclic amines) is 1. The van der Waals surface area contributed by atoms with Crippen LogP contribution in [0.25, 0.3) is 0 Å². The molecule has 1 aliphatic heterocycles. The van der Waals surface area contributed by atoms with Crippen LogP contribution in [0.15, 0.2) is 48.5 Å². The maximum Gasteiger partial charge on any atom is 0.253 e. The van der Waals surface area contributed by atoms with Crippen LogP contribution >= 0.6 is 23.2 Å². The average Bonchev–Trinajstić information content (AvgIpc) is 2.81. The molecule has 2 aromatic rings. The van der Waals surface area contributed by atoms with E-state index in [0.717, 1.165) is 31.2 Å². The predicted molar refractivity (Wildman–Crippen MR) is 135 cm³/mol. The Morgan fingerprint density at radius 2 is 1.71 bits per heavy atom. The zero-order valence-electron chi connectivity index (χ0n) is 19.7. The number of aliphatic hydroxyl groups is 1. The molecule has 2 fully saturated rings. The van der Waals surface area contributed by atoms with E-state index in [2.05, 4.69) is 5.32 Å². The van der Waals surface area contributed by atoms with E-state index in [1.807, 2.05) is 30.9 Å². The molecule has 1 heterocycles. The van der Waals surface area contributed by atoms with Gasteiger partial charge in [0.25, 0.3) is 5.91 Å². The standard InChI is InChI=1S/C27H32Cl2N2O3/c1-26(2)17-31(16-15-27(26,34)18-11-13-19(28)14-12-18)25(33)21-8-4-6-10-23(21)30-24(32)20-7-3-5-9-22(20)29/h3,5,7,9,11-14,21,23,34H,4,6,8,10,15-17H2,1-2H3,(H,30,32)/t21-,23+,27-/m0/s1. The molecule has 2 aliphatic rings. The molecule has 0 unspecified atom stereocenters. The second kappa shape index (κ2) is 9.88. The summed E-state index contributed by atoms with van der Waals surface area (Å²) in [7, 11) is 0. The monoisotopic (exact) mass is 502 g/mol. The highest BCUT2D eigenvalue weighted by atomic mass is 35.5. The summed E-state index contributed by atoms with van der Waals surface area (Å²) >= 11 is 12.3. The zero-order chi connectivity index (χ0) is 24.5. The van der Waals surface area contributed by atoms with Crippen molar-refractivity contribution >= 4 is 35.0 Å². The lowest BCUT2D eigenvalue weighted by molar-refractivity contribution is -0.158. The van der Waals surface area contributed by atoms with Gasteiger partial charge in [0.15, 0.2) is 0 Å². The van der Waals surface area contributed by atoms with E-state index < -0.39 is 11.0 Å². The maximum atomic E-state index is 13.7. The molecule has 0 radical (unpaired) electrons. The van der Waals surface area contributed by atoms with Crippen LogP contribution in [0.2, 0.25) is 10.0 Å². The van der Waals surface area contributed by atoms with Gasteiger partial charge < -0.3 is 15.3 Å². The summed E-state index contributed by atoms with van der Waals surface area (Å²) in [5.74, 6) is -0.473. The fourth-order valence-corrected chi connectivity index (χ4v) is 5.84. The van der Waals surface area contributed by atoms with Crippen LogP contribution in [0.3, 0.4) is 0 Å². The minimum Gasteiger partial charge on any atom is -0.384 e. The van der Waals surface area contributed by atoms with E-state index in [-0.39, 0.29) is 23.8 Å². The third kappa shape index (κ3) is 4.84. The van der Waals surface area contributed by atoms with Crippen molar-refractivity contribution in [1.82, 2.24) is 10.2 Å². The molecule has 0 spiro atoms. The van der Waals surface area contributed by atoms with Gasteiger partial charge in [-0.05, 0) is 49.1 Å². The largest absolute Gasteiger partial charge is 0.384 e. The molecule has 7 heteroatoms. The second-order valence-corrected chi connectivity index (χ2v) is 11.1. The molecule has 5 nitrogen and oxygen atoms in total. The van der Waals surface area contributed by atoms with E-state index in [1.165, 1.54) is 0 Å². The molecule has 2 aromatic carbocycles. The van der Waals surface area contributed by atoms with Crippen molar-refractivity contribution < 1.29 is 14.7 Å². The topological polar surface area (TPSA) is 69.6 Å². The number of nitrogens with one attached hydrogen (secondary N) is 1. The molecular weight excluding hydrogens is 471 g/mol. The molecule has 3 atom stereocenters. The van der Waals surface area contributed by atoms with Crippen LogP contribution in [-0.2, 0) is 10.4 Å². The Hall–Kier alpha value is -2.08. The highest BCUT2D eigenvalue weighted by molar-refractivity contribution is 6.33. The van der Waals surface area contributed by atoms with Gasteiger partial charge in [-0.3, -0.25) is 9.59 Å². The lowest BCUT2D eigenvalue weighted by Crippen LogP contribution is -2.59. The van der Waals surface area contributed by atoms with Crippen molar-refractivity contribution in [1.29, 1.82) is 0 Å². The van der Waals surface area contributed by atoms with Crippen LogP contribution in [0.1, 0.15) is 61.9 Å². The van der Waals surface area contributed by atoms with Crippen molar-refractivity contribution in [3.8, 4) is 0 Å². The number of hydrogen-bond acceptors (Lipinski definition) is 3. The normalized spacial score (nSPS) is 26.7. The highest BCUT2D eigenvalue weighted by Crippen LogP contribution is 2.46. The first-order valence-electron chi connectivity index (χ1n) is 11.9. The van der Waals surface area contributed by atoms with Crippen molar-refractivity contribution in [2.24, 2.45) is 11.3 Å². The molecule has 2 amide bonds.